The fourth-order valence-corrected chi connectivity index (χ4v) is 2.93. The topological polar surface area (TPSA) is 95.0 Å². The summed E-state index contributed by atoms with van der Waals surface area (Å²) in [6.45, 7) is 7.32. The van der Waals surface area contributed by atoms with E-state index in [0.29, 0.717) is 30.8 Å². The van der Waals surface area contributed by atoms with Gasteiger partial charge in [-0.2, -0.15) is 0 Å². The highest BCUT2D eigenvalue weighted by molar-refractivity contribution is 6.05. The molecule has 0 aliphatic carbocycles. The first-order chi connectivity index (χ1) is 12.5. The number of nitrogens with zero attached hydrogens (tertiary/aromatic N) is 2. The van der Waals surface area contributed by atoms with Crippen LogP contribution < -0.4 is 4.90 Å². The Hall–Kier alpha value is -2.64. The Labute approximate surface area is 158 Å². The molecule has 0 atom stereocenters. The quantitative estimate of drug-likeness (QED) is 0.453. The zero-order valence-corrected chi connectivity index (χ0v) is 16.6. The molecular formula is C19H26N2O6. The van der Waals surface area contributed by atoms with Crippen LogP contribution in [0.3, 0.4) is 0 Å². The summed E-state index contributed by atoms with van der Waals surface area (Å²) in [5.74, 6) is -1.52. The lowest BCUT2D eigenvalue weighted by Gasteiger charge is -2.32. The van der Waals surface area contributed by atoms with E-state index in [9.17, 15) is 14.4 Å². The van der Waals surface area contributed by atoms with E-state index in [1.54, 1.807) is 26.8 Å². The summed E-state index contributed by atoms with van der Waals surface area (Å²) in [5.41, 5.74) is -0.866. The Morgan fingerprint density at radius 2 is 1.63 bits per heavy atom. The summed E-state index contributed by atoms with van der Waals surface area (Å²) >= 11 is 0. The second kappa shape index (κ2) is 7.54. The van der Waals surface area contributed by atoms with Crippen molar-refractivity contribution in [3.63, 3.8) is 0 Å². The van der Waals surface area contributed by atoms with Crippen molar-refractivity contribution in [1.29, 1.82) is 0 Å². The highest BCUT2D eigenvalue weighted by Gasteiger charge is 2.47. The maximum absolute atomic E-state index is 12.5. The second-order valence-corrected chi connectivity index (χ2v) is 7.51. The van der Waals surface area contributed by atoms with Gasteiger partial charge in [0.05, 0.1) is 31.3 Å². The van der Waals surface area contributed by atoms with E-state index in [1.165, 1.54) is 32.1 Å². The van der Waals surface area contributed by atoms with E-state index >= 15 is 0 Å². The van der Waals surface area contributed by atoms with Gasteiger partial charge in [0.15, 0.2) is 0 Å². The minimum atomic E-state index is -1.69. The van der Waals surface area contributed by atoms with E-state index < -0.39 is 29.0 Å². The molecule has 0 N–H and O–H groups in total. The van der Waals surface area contributed by atoms with Crippen molar-refractivity contribution < 1.29 is 28.6 Å². The standard InChI is InChI=1S/C19H26N2O6/c1-18(2,3)27-17(24)21-11-7-8-12-13(21)9-10-14(20-12)19(4,15(22)25-5)16(23)26-6/h9-10H,7-8,11H2,1-6H3. The minimum absolute atomic E-state index is 0.214. The Bertz CT molecular complexity index is 737. The molecule has 0 radical (unpaired) electrons. The molecule has 0 bridgehead atoms. The van der Waals surface area contributed by atoms with Crippen LogP contribution in [0.4, 0.5) is 10.5 Å². The van der Waals surface area contributed by atoms with Gasteiger partial charge < -0.3 is 14.2 Å². The molecule has 8 nitrogen and oxygen atoms in total. The number of amides is 1. The smallest absolute Gasteiger partial charge is 0.414 e. The highest BCUT2D eigenvalue weighted by atomic mass is 16.6. The molecule has 1 aliphatic rings. The van der Waals surface area contributed by atoms with Gasteiger partial charge in [-0.25, -0.2) is 4.79 Å². The molecule has 27 heavy (non-hydrogen) atoms. The van der Waals surface area contributed by atoms with E-state index in [4.69, 9.17) is 14.2 Å². The van der Waals surface area contributed by atoms with Crippen LogP contribution in [0.25, 0.3) is 0 Å². The average Bonchev–Trinajstić information content (AvgIpc) is 2.63. The van der Waals surface area contributed by atoms with Gasteiger partial charge in [0.2, 0.25) is 5.41 Å². The molecule has 1 amide bonds. The van der Waals surface area contributed by atoms with Crippen molar-refractivity contribution in [1.82, 2.24) is 4.98 Å². The van der Waals surface area contributed by atoms with Crippen LogP contribution in [0, 0.1) is 0 Å². The number of carbonyl (C=O) groups is 3. The number of aromatic nitrogens is 1. The van der Waals surface area contributed by atoms with Crippen LogP contribution in [-0.4, -0.2) is 49.4 Å². The van der Waals surface area contributed by atoms with Gasteiger partial charge in [-0.15, -0.1) is 0 Å². The van der Waals surface area contributed by atoms with E-state index in [2.05, 4.69) is 4.98 Å². The van der Waals surface area contributed by atoms with Crippen molar-refractivity contribution in [3.8, 4) is 0 Å². The Morgan fingerprint density at radius 3 is 2.15 bits per heavy atom. The van der Waals surface area contributed by atoms with Gasteiger partial charge in [-0.05, 0) is 52.7 Å². The van der Waals surface area contributed by atoms with Crippen molar-refractivity contribution in [2.45, 2.75) is 51.6 Å². The fraction of sp³-hybridized carbons (Fsp3) is 0.579. The third-order valence-corrected chi connectivity index (χ3v) is 4.35. The third kappa shape index (κ3) is 4.04. The van der Waals surface area contributed by atoms with E-state index in [0.717, 1.165) is 0 Å². The Morgan fingerprint density at radius 1 is 1.04 bits per heavy atom. The predicted molar refractivity (Wildman–Crippen MR) is 97.5 cm³/mol. The minimum Gasteiger partial charge on any atom is -0.468 e. The summed E-state index contributed by atoms with van der Waals surface area (Å²) in [6, 6.07) is 3.21. The largest absolute Gasteiger partial charge is 0.468 e. The third-order valence-electron chi connectivity index (χ3n) is 4.35. The van der Waals surface area contributed by atoms with Crippen LogP contribution in [0.5, 0.6) is 0 Å². The summed E-state index contributed by atoms with van der Waals surface area (Å²) in [7, 11) is 2.40. The summed E-state index contributed by atoms with van der Waals surface area (Å²) in [5, 5.41) is 0. The number of fused-ring (bicyclic) bond motifs is 1. The van der Waals surface area contributed by atoms with Crippen LogP contribution in [0.2, 0.25) is 0 Å². The molecule has 0 unspecified atom stereocenters. The van der Waals surface area contributed by atoms with Gasteiger partial charge in [0, 0.05) is 6.54 Å². The number of anilines is 1. The molecule has 0 spiro atoms. The van der Waals surface area contributed by atoms with Gasteiger partial charge in [-0.3, -0.25) is 19.5 Å². The van der Waals surface area contributed by atoms with E-state index in [-0.39, 0.29) is 5.69 Å². The van der Waals surface area contributed by atoms with Crippen molar-refractivity contribution in [2.75, 3.05) is 25.7 Å². The number of pyridine rings is 1. The summed E-state index contributed by atoms with van der Waals surface area (Å²) in [6.07, 6.45) is 0.846. The maximum Gasteiger partial charge on any atom is 0.414 e. The number of hydrogen-bond acceptors (Lipinski definition) is 7. The summed E-state index contributed by atoms with van der Waals surface area (Å²) < 4.78 is 15.0. The lowest BCUT2D eigenvalue weighted by Crippen LogP contribution is -2.44. The molecule has 2 rings (SSSR count). The van der Waals surface area contributed by atoms with E-state index in [1.807, 2.05) is 0 Å². The van der Waals surface area contributed by atoms with Crippen LogP contribution in [0.1, 0.15) is 45.5 Å². The lowest BCUT2D eigenvalue weighted by molar-refractivity contribution is -0.161. The molecule has 0 aromatic carbocycles. The highest BCUT2D eigenvalue weighted by Crippen LogP contribution is 2.32. The van der Waals surface area contributed by atoms with Crippen LogP contribution >= 0.6 is 0 Å². The lowest BCUT2D eigenvalue weighted by atomic mass is 9.85. The predicted octanol–water partition coefficient (Wildman–Crippen LogP) is 2.37. The zero-order valence-electron chi connectivity index (χ0n) is 16.6. The van der Waals surface area contributed by atoms with Gasteiger partial charge >= 0.3 is 18.0 Å². The number of carbonyl (C=O) groups excluding carboxylic acids is 3. The molecule has 2 heterocycles. The number of methoxy groups -OCH3 is 2. The van der Waals surface area contributed by atoms with Gasteiger partial charge in [0.25, 0.3) is 0 Å². The molecule has 0 fully saturated rings. The summed E-state index contributed by atoms with van der Waals surface area (Å²) in [4.78, 5) is 43.1. The first kappa shape index (κ1) is 20.7. The number of ether oxygens (including phenoxy) is 3. The van der Waals surface area contributed by atoms with Gasteiger partial charge in [0.1, 0.15) is 5.60 Å². The molecule has 0 saturated carbocycles. The molecular weight excluding hydrogens is 352 g/mol. The monoisotopic (exact) mass is 378 g/mol. The fourth-order valence-electron chi connectivity index (χ4n) is 2.93. The molecule has 148 valence electrons. The molecule has 8 heteroatoms. The number of rotatable bonds is 3. The van der Waals surface area contributed by atoms with Crippen molar-refractivity contribution >= 4 is 23.7 Å². The molecule has 1 aromatic rings. The van der Waals surface area contributed by atoms with Crippen LogP contribution in [-0.2, 0) is 35.6 Å². The van der Waals surface area contributed by atoms with Gasteiger partial charge in [-0.1, -0.05) is 0 Å². The molecule has 1 aromatic heterocycles. The Balaban J connectivity index is 2.45. The second-order valence-electron chi connectivity index (χ2n) is 7.51. The zero-order chi connectivity index (χ0) is 20.4. The van der Waals surface area contributed by atoms with Crippen molar-refractivity contribution in [2.24, 2.45) is 0 Å². The number of hydrogen-bond donors (Lipinski definition) is 0. The van der Waals surface area contributed by atoms with Crippen LogP contribution in [0.15, 0.2) is 12.1 Å². The first-order valence-electron chi connectivity index (χ1n) is 8.72. The van der Waals surface area contributed by atoms with Crippen molar-refractivity contribution in [3.05, 3.63) is 23.5 Å². The molecule has 0 saturated heterocycles. The molecule has 1 aliphatic heterocycles. The normalized spacial score (nSPS) is 14.2. The first-order valence-corrected chi connectivity index (χ1v) is 8.72. The number of esters is 2. The Kier molecular flexibility index (Phi) is 5.77. The maximum atomic E-state index is 12.5. The average molecular weight is 378 g/mol. The SMILES string of the molecule is COC(=O)C(C)(C(=O)OC)c1ccc2c(n1)CCCN2C(=O)OC(C)(C)C. The number of aryl methyl sites for hydroxylation is 1.